The van der Waals surface area contributed by atoms with Crippen LogP contribution in [0.25, 0.3) is 0 Å². The van der Waals surface area contributed by atoms with Crippen LogP contribution in [0.3, 0.4) is 0 Å². The molecule has 1 fully saturated rings. The van der Waals surface area contributed by atoms with Crippen molar-refractivity contribution in [2.24, 2.45) is 17.3 Å². The van der Waals surface area contributed by atoms with Crippen LogP contribution in [-0.4, -0.2) is 48.7 Å². The first kappa shape index (κ1) is 27.5. The van der Waals surface area contributed by atoms with E-state index in [9.17, 15) is 10.2 Å². The van der Waals surface area contributed by atoms with E-state index < -0.39 is 0 Å². The second-order valence-electron chi connectivity index (χ2n) is 11.3. The first-order valence-electron chi connectivity index (χ1n) is 12.8. The summed E-state index contributed by atoms with van der Waals surface area (Å²) >= 11 is 0. The maximum Gasteiger partial charge on any atom is 0.120 e. The molecule has 0 saturated carbocycles. The Labute approximate surface area is 211 Å². The maximum absolute atomic E-state index is 10.9. The molecule has 0 unspecified atom stereocenters. The molecule has 4 atom stereocenters. The van der Waals surface area contributed by atoms with E-state index in [4.69, 9.17) is 9.47 Å². The lowest BCUT2D eigenvalue weighted by atomic mass is 9.89. The minimum absolute atomic E-state index is 0.0322. The summed E-state index contributed by atoms with van der Waals surface area (Å²) in [6, 6.07) is 14.3. The van der Waals surface area contributed by atoms with Crippen LogP contribution in [0.15, 0.2) is 48.5 Å². The van der Waals surface area contributed by atoms with Gasteiger partial charge in [-0.3, -0.25) is 0 Å². The van der Waals surface area contributed by atoms with E-state index in [0.29, 0.717) is 38.3 Å². The molecule has 1 saturated heterocycles. The zero-order chi connectivity index (χ0) is 25.6. The van der Waals surface area contributed by atoms with Crippen LogP contribution in [0.1, 0.15) is 64.8 Å². The molecular formula is C29H44N2O4. The molecule has 194 valence electrons. The average molecular weight is 485 g/mol. The normalized spacial score (nSPS) is 26.6. The fourth-order valence-corrected chi connectivity index (χ4v) is 4.53. The molecule has 6 heteroatoms. The van der Waals surface area contributed by atoms with Crippen molar-refractivity contribution in [1.29, 1.82) is 0 Å². The fraction of sp³-hybridized carbons (Fsp3) is 0.586. The highest BCUT2D eigenvalue weighted by Crippen LogP contribution is 2.38. The second kappa shape index (κ2) is 12.2. The monoisotopic (exact) mass is 484 g/mol. The Hall–Kier alpha value is -2.12. The van der Waals surface area contributed by atoms with Crippen molar-refractivity contribution in [2.45, 2.75) is 65.7 Å². The third-order valence-electron chi connectivity index (χ3n) is 6.85. The van der Waals surface area contributed by atoms with Crippen molar-refractivity contribution >= 4 is 0 Å². The Morgan fingerprint density at radius 2 is 1.09 bits per heavy atom. The first-order chi connectivity index (χ1) is 16.6. The molecule has 3 rings (SSSR count). The van der Waals surface area contributed by atoms with E-state index >= 15 is 0 Å². The van der Waals surface area contributed by atoms with Crippen molar-refractivity contribution < 1.29 is 19.7 Å². The number of hydrogen-bond donors (Lipinski definition) is 4. The van der Waals surface area contributed by atoms with E-state index in [0.717, 1.165) is 11.1 Å². The molecule has 4 N–H and O–H groups in total. The molecule has 0 bridgehead atoms. The number of rotatable bonds is 4. The first-order valence-corrected chi connectivity index (χ1v) is 12.8. The van der Waals surface area contributed by atoms with E-state index in [1.165, 1.54) is 0 Å². The summed E-state index contributed by atoms with van der Waals surface area (Å²) in [6.07, 6.45) is 0. The summed E-state index contributed by atoms with van der Waals surface area (Å²) in [6.45, 7) is 15.3. The summed E-state index contributed by atoms with van der Waals surface area (Å²) in [5, 5.41) is 29.4. The van der Waals surface area contributed by atoms with Gasteiger partial charge in [0, 0.05) is 28.6 Å². The topological polar surface area (TPSA) is 83.0 Å². The highest BCUT2D eigenvalue weighted by molar-refractivity contribution is 5.41. The third-order valence-corrected chi connectivity index (χ3v) is 6.85. The highest BCUT2D eigenvalue weighted by Gasteiger charge is 2.34. The number of hydrogen-bond acceptors (Lipinski definition) is 6. The summed E-state index contributed by atoms with van der Waals surface area (Å²) in [4.78, 5) is 0. The number of phenols is 2. The molecular weight excluding hydrogens is 440 g/mol. The van der Waals surface area contributed by atoms with Gasteiger partial charge in [-0.15, -0.1) is 0 Å². The molecule has 0 aromatic heterocycles. The molecule has 6 nitrogen and oxygen atoms in total. The quantitative estimate of drug-likeness (QED) is 0.479. The number of nitrogens with one attached hydrogen (secondary N) is 2. The van der Waals surface area contributed by atoms with E-state index in [2.05, 4.69) is 52.2 Å². The van der Waals surface area contributed by atoms with E-state index in [-0.39, 0.29) is 41.1 Å². The van der Waals surface area contributed by atoms with Gasteiger partial charge in [0.25, 0.3) is 0 Å². The molecule has 1 aliphatic heterocycles. The number of phenolic OH excluding ortho intramolecular Hbond substituents is 2. The summed E-state index contributed by atoms with van der Waals surface area (Å²) in [5.41, 5.74) is 1.45. The number of ether oxygens (including phenoxy) is 2. The predicted molar refractivity (Wildman–Crippen MR) is 141 cm³/mol. The number of benzene rings is 2. The molecule has 35 heavy (non-hydrogen) atoms. The zero-order valence-electron chi connectivity index (χ0n) is 22.1. The van der Waals surface area contributed by atoms with E-state index in [1.54, 1.807) is 12.1 Å². The van der Waals surface area contributed by atoms with Crippen LogP contribution in [0.2, 0.25) is 0 Å². The van der Waals surface area contributed by atoms with Gasteiger partial charge >= 0.3 is 0 Å². The Bertz CT molecular complexity index is 857. The van der Waals surface area contributed by atoms with Gasteiger partial charge in [0.05, 0.1) is 38.5 Å². The number of aromatic hydroxyl groups is 2. The molecule has 2 aromatic rings. The molecule has 1 heterocycles. The standard InChI is InChI=1S/C29H44N2O4/c1-19(2)23-15-34-17-29(5,6)18-35-16-24(20(3)4)31-28(22-12-8-10-14-26(22)33)27(30-23)21-11-7-9-13-25(21)32/h7-14,19-20,23-24,27-28,30-33H,15-18H2,1-6H3/t23-,24-,27-,28-/m1/s1. The highest BCUT2D eigenvalue weighted by atomic mass is 16.5. The molecule has 0 amide bonds. The Morgan fingerprint density at radius 3 is 1.43 bits per heavy atom. The smallest absolute Gasteiger partial charge is 0.120 e. The van der Waals surface area contributed by atoms with Gasteiger partial charge in [-0.1, -0.05) is 77.9 Å². The molecule has 1 aliphatic rings. The van der Waals surface area contributed by atoms with Gasteiger partial charge in [-0.25, -0.2) is 0 Å². The van der Waals surface area contributed by atoms with E-state index in [1.807, 2.05) is 36.4 Å². The van der Waals surface area contributed by atoms with Crippen molar-refractivity contribution in [3.8, 4) is 11.5 Å². The van der Waals surface area contributed by atoms with Gasteiger partial charge in [0.15, 0.2) is 0 Å². The van der Waals surface area contributed by atoms with Crippen LogP contribution in [0.4, 0.5) is 0 Å². The Kier molecular flexibility index (Phi) is 9.59. The lowest BCUT2D eigenvalue weighted by Gasteiger charge is -2.37. The summed E-state index contributed by atoms with van der Waals surface area (Å²) in [5.74, 6) is 1.02. The Balaban J connectivity index is 2.13. The summed E-state index contributed by atoms with van der Waals surface area (Å²) < 4.78 is 12.4. The molecule has 0 spiro atoms. The van der Waals surface area contributed by atoms with Gasteiger partial charge in [-0.2, -0.15) is 0 Å². The van der Waals surface area contributed by atoms with Crippen LogP contribution >= 0.6 is 0 Å². The van der Waals surface area contributed by atoms with Crippen molar-refractivity contribution in [3.05, 3.63) is 59.7 Å². The second-order valence-corrected chi connectivity index (χ2v) is 11.3. The maximum atomic E-state index is 10.9. The minimum atomic E-state index is -0.324. The van der Waals surface area contributed by atoms with Gasteiger partial charge in [0.1, 0.15) is 11.5 Å². The van der Waals surface area contributed by atoms with Crippen LogP contribution < -0.4 is 10.6 Å². The summed E-state index contributed by atoms with van der Waals surface area (Å²) in [7, 11) is 0. The van der Waals surface area contributed by atoms with Crippen LogP contribution in [0.5, 0.6) is 11.5 Å². The molecule has 0 aliphatic carbocycles. The van der Waals surface area contributed by atoms with Gasteiger partial charge in [-0.05, 0) is 24.0 Å². The zero-order valence-corrected chi connectivity index (χ0v) is 22.1. The lowest BCUT2D eigenvalue weighted by Crippen LogP contribution is -2.48. The largest absolute Gasteiger partial charge is 0.508 e. The van der Waals surface area contributed by atoms with Crippen molar-refractivity contribution in [3.63, 3.8) is 0 Å². The Morgan fingerprint density at radius 1 is 0.714 bits per heavy atom. The predicted octanol–water partition coefficient (Wildman–Crippen LogP) is 5.18. The third kappa shape index (κ3) is 7.43. The fourth-order valence-electron chi connectivity index (χ4n) is 4.53. The van der Waals surface area contributed by atoms with Crippen LogP contribution in [-0.2, 0) is 9.47 Å². The van der Waals surface area contributed by atoms with Gasteiger partial charge in [0.2, 0.25) is 0 Å². The van der Waals surface area contributed by atoms with Crippen molar-refractivity contribution in [1.82, 2.24) is 10.6 Å². The SMILES string of the molecule is CC(C)[C@H]1COCC(C)(C)COC[C@H](C(C)C)N[C@H](c2ccccc2O)[C@@H](c2ccccc2O)N1. The average Bonchev–Trinajstić information content (AvgIpc) is 2.80. The van der Waals surface area contributed by atoms with Crippen LogP contribution in [0, 0.1) is 17.3 Å². The molecule has 0 radical (unpaired) electrons. The van der Waals surface area contributed by atoms with Crippen molar-refractivity contribution in [2.75, 3.05) is 26.4 Å². The lowest BCUT2D eigenvalue weighted by molar-refractivity contribution is -0.0175. The van der Waals surface area contributed by atoms with Gasteiger partial charge < -0.3 is 30.3 Å². The number of para-hydroxylation sites is 2. The molecule has 2 aromatic carbocycles. The minimum Gasteiger partial charge on any atom is -0.508 e.